The normalized spacial score (nSPS) is 18.1. The molecule has 1 aliphatic rings. The Morgan fingerprint density at radius 2 is 1.78 bits per heavy atom. The van der Waals surface area contributed by atoms with Crippen LogP contribution in [0.2, 0.25) is 0 Å². The molecule has 2 aromatic rings. The predicted molar refractivity (Wildman–Crippen MR) is 156 cm³/mol. The molecule has 1 aliphatic heterocycles. The van der Waals surface area contributed by atoms with Gasteiger partial charge in [-0.2, -0.15) is 0 Å². The van der Waals surface area contributed by atoms with Crippen LogP contribution in [0.15, 0.2) is 47.4 Å². The topological polar surface area (TPSA) is 73.5 Å². The van der Waals surface area contributed by atoms with Gasteiger partial charge in [0.05, 0.1) is 16.7 Å². The van der Waals surface area contributed by atoms with Gasteiger partial charge in [-0.3, -0.25) is 5.32 Å². The Kier molecular flexibility index (Phi) is 9.78. The van der Waals surface area contributed by atoms with Gasteiger partial charge in [0.15, 0.2) is 14.9 Å². The van der Waals surface area contributed by atoms with Crippen molar-refractivity contribution in [3.63, 3.8) is 0 Å². The van der Waals surface area contributed by atoms with Crippen LogP contribution in [-0.2, 0) is 9.84 Å². The van der Waals surface area contributed by atoms with E-state index in [1.807, 2.05) is 50.2 Å². The summed E-state index contributed by atoms with van der Waals surface area (Å²) in [5.74, 6) is 0.118. The van der Waals surface area contributed by atoms with Gasteiger partial charge in [-0.05, 0) is 73.4 Å². The highest BCUT2D eigenvalue weighted by Gasteiger charge is 2.42. The number of nitrogens with one attached hydrogen (secondary N) is 3. The maximum atomic E-state index is 13.9. The van der Waals surface area contributed by atoms with Gasteiger partial charge in [0.2, 0.25) is 0 Å². The smallest absolute Gasteiger partial charge is 0.180 e. The van der Waals surface area contributed by atoms with Crippen molar-refractivity contribution < 1.29 is 8.42 Å². The van der Waals surface area contributed by atoms with Crippen molar-refractivity contribution >= 4 is 38.5 Å². The predicted octanol–water partition coefficient (Wildman–Crippen LogP) is 5.64. The van der Waals surface area contributed by atoms with Gasteiger partial charge in [0, 0.05) is 37.6 Å². The molecule has 0 saturated heterocycles. The first-order valence-electron chi connectivity index (χ1n) is 13.1. The van der Waals surface area contributed by atoms with Crippen LogP contribution >= 0.6 is 12.2 Å². The van der Waals surface area contributed by atoms with E-state index in [9.17, 15) is 8.42 Å². The fourth-order valence-electron chi connectivity index (χ4n) is 5.03. The first-order valence-corrected chi connectivity index (χ1v) is 15.2. The minimum atomic E-state index is -3.49. The third-order valence-electron chi connectivity index (χ3n) is 6.91. The van der Waals surface area contributed by atoms with Crippen molar-refractivity contribution in [3.8, 4) is 0 Å². The lowest BCUT2D eigenvalue weighted by Gasteiger charge is -2.37. The lowest BCUT2D eigenvalue weighted by molar-refractivity contribution is 0.278. The molecular weight excluding hydrogens is 488 g/mol. The van der Waals surface area contributed by atoms with E-state index in [-0.39, 0.29) is 11.8 Å². The summed E-state index contributed by atoms with van der Waals surface area (Å²) in [5, 5.41) is 10.9. The number of fused-ring (bicyclic) bond motifs is 1. The van der Waals surface area contributed by atoms with E-state index in [4.69, 9.17) is 12.2 Å². The Labute approximate surface area is 223 Å². The summed E-state index contributed by atoms with van der Waals surface area (Å²) in [6.45, 7) is 7.07. The summed E-state index contributed by atoms with van der Waals surface area (Å²) in [7, 11) is 0.467. The lowest BCUT2D eigenvalue weighted by atomic mass is 9.86. The van der Waals surface area contributed by atoms with Crippen LogP contribution in [0.25, 0.3) is 0 Å². The third-order valence-corrected chi connectivity index (χ3v) is 9.13. The fraction of sp³-hybridized carbons (Fsp3) is 0.536. The Balaban J connectivity index is 2.19. The first kappa shape index (κ1) is 28.4. The maximum absolute atomic E-state index is 13.9. The van der Waals surface area contributed by atoms with Crippen molar-refractivity contribution in [2.45, 2.75) is 75.8 Å². The number of hydrogen-bond donors (Lipinski definition) is 3. The molecule has 8 heteroatoms. The number of hydrogen-bond acceptors (Lipinski definition) is 5. The molecule has 3 rings (SSSR count). The number of rotatable bonds is 10. The zero-order valence-electron chi connectivity index (χ0n) is 22.4. The van der Waals surface area contributed by atoms with E-state index in [1.54, 1.807) is 6.07 Å². The van der Waals surface area contributed by atoms with Crippen molar-refractivity contribution in [2.24, 2.45) is 0 Å². The summed E-state index contributed by atoms with van der Waals surface area (Å²) in [6.07, 6.45) is 5.68. The molecule has 0 saturated carbocycles. The zero-order valence-corrected chi connectivity index (χ0v) is 24.0. The molecule has 0 spiro atoms. The largest absolute Gasteiger partial charge is 0.378 e. The van der Waals surface area contributed by atoms with E-state index in [0.29, 0.717) is 10.0 Å². The van der Waals surface area contributed by atoms with E-state index < -0.39 is 15.4 Å². The molecule has 36 heavy (non-hydrogen) atoms. The summed E-state index contributed by atoms with van der Waals surface area (Å²) in [4.78, 5) is 2.45. The molecular formula is C28H42N4O2S2. The van der Waals surface area contributed by atoms with Crippen molar-refractivity contribution in [3.05, 3.63) is 53.6 Å². The van der Waals surface area contributed by atoms with Crippen LogP contribution in [0.3, 0.4) is 0 Å². The number of sulfone groups is 1. The first-order chi connectivity index (χ1) is 17.1. The molecule has 198 valence electrons. The van der Waals surface area contributed by atoms with Crippen molar-refractivity contribution in [2.75, 3.05) is 36.6 Å². The second-order valence-electron chi connectivity index (χ2n) is 10.1. The van der Waals surface area contributed by atoms with Crippen LogP contribution in [0.1, 0.15) is 76.5 Å². The van der Waals surface area contributed by atoms with Gasteiger partial charge in [-0.1, -0.05) is 51.7 Å². The summed E-state index contributed by atoms with van der Waals surface area (Å²) in [5.41, 5.74) is 3.20. The molecule has 1 atom stereocenters. The molecule has 0 bridgehead atoms. The molecule has 1 unspecified atom stereocenters. The van der Waals surface area contributed by atoms with Gasteiger partial charge >= 0.3 is 0 Å². The molecule has 0 amide bonds. The van der Waals surface area contributed by atoms with Gasteiger partial charge < -0.3 is 15.5 Å². The number of unbranched alkanes of at least 4 members (excludes halogenated alkanes) is 2. The summed E-state index contributed by atoms with van der Waals surface area (Å²) < 4.78 is 27.8. The molecule has 2 aromatic carbocycles. The van der Waals surface area contributed by atoms with Gasteiger partial charge in [-0.15, -0.1) is 0 Å². The Bertz CT molecular complexity index is 1140. The third kappa shape index (κ3) is 6.78. The maximum Gasteiger partial charge on any atom is 0.180 e. The van der Waals surface area contributed by atoms with Gasteiger partial charge in [0.1, 0.15) is 0 Å². The van der Waals surface area contributed by atoms with Crippen LogP contribution in [-0.4, -0.2) is 45.5 Å². The molecule has 0 fully saturated rings. The van der Waals surface area contributed by atoms with Crippen molar-refractivity contribution in [1.29, 1.82) is 0 Å². The van der Waals surface area contributed by atoms with Crippen LogP contribution < -0.4 is 20.9 Å². The monoisotopic (exact) mass is 530 g/mol. The van der Waals surface area contributed by atoms with Crippen LogP contribution in [0, 0.1) is 0 Å². The molecule has 3 N–H and O–H groups in total. The minimum Gasteiger partial charge on any atom is -0.378 e. The van der Waals surface area contributed by atoms with Crippen molar-refractivity contribution in [1.82, 2.24) is 10.6 Å². The Morgan fingerprint density at radius 3 is 2.39 bits per heavy atom. The van der Waals surface area contributed by atoms with Gasteiger partial charge in [-0.25, -0.2) is 8.42 Å². The fourth-order valence-corrected chi connectivity index (χ4v) is 7.36. The summed E-state index contributed by atoms with van der Waals surface area (Å²) in [6, 6.07) is 13.6. The van der Waals surface area contributed by atoms with Crippen LogP contribution in [0.4, 0.5) is 11.4 Å². The molecule has 1 heterocycles. The quantitative estimate of drug-likeness (QED) is 0.343. The number of thiocarbonyl (C=S) groups is 1. The molecule has 0 aliphatic carbocycles. The summed E-state index contributed by atoms with van der Waals surface area (Å²) >= 11 is 5.40. The Morgan fingerprint density at radius 1 is 1.08 bits per heavy atom. The highest BCUT2D eigenvalue weighted by molar-refractivity contribution is 7.91. The lowest BCUT2D eigenvalue weighted by Crippen LogP contribution is -2.50. The highest BCUT2D eigenvalue weighted by Crippen LogP contribution is 2.40. The van der Waals surface area contributed by atoms with E-state index in [1.165, 1.54) is 0 Å². The second-order valence-corrected chi connectivity index (χ2v) is 12.4. The average Bonchev–Trinajstić information content (AvgIpc) is 2.93. The SMILES string of the molecule is CCCCC1(CCCC)CS(=O)(=O)c2ccc(N(C)C)cc2C(c2cccc(NC(=S)NCC)c2)N1. The average molecular weight is 531 g/mol. The van der Waals surface area contributed by atoms with Crippen LogP contribution in [0.5, 0.6) is 0 Å². The van der Waals surface area contributed by atoms with E-state index in [0.717, 1.165) is 67.6 Å². The second kappa shape index (κ2) is 12.4. The molecule has 0 aromatic heterocycles. The molecule has 6 nitrogen and oxygen atoms in total. The van der Waals surface area contributed by atoms with Gasteiger partial charge in [0.25, 0.3) is 0 Å². The standard InChI is InChI=1S/C28H42N4O2S2/c1-6-9-16-28(17-10-7-2)20-36(33,34)25-15-14-23(32(4)5)19-24(25)26(31-28)21-12-11-13-22(18-21)30-27(35)29-8-3/h11-15,18-19,26,31H,6-10,16-17,20H2,1-5H3,(H2,29,30,35). The highest BCUT2D eigenvalue weighted by atomic mass is 32.2. The number of anilines is 2. The van der Waals surface area contributed by atoms with E-state index >= 15 is 0 Å². The minimum absolute atomic E-state index is 0.118. The Hall–Kier alpha value is -2.16. The zero-order chi connectivity index (χ0) is 26.3. The molecule has 0 radical (unpaired) electrons. The van der Waals surface area contributed by atoms with E-state index in [2.05, 4.69) is 41.9 Å². The number of benzene rings is 2. The number of nitrogens with zero attached hydrogens (tertiary/aromatic N) is 1.